The molecule has 212 valence electrons. The van der Waals surface area contributed by atoms with Crippen LogP contribution in [0.2, 0.25) is 0 Å². The van der Waals surface area contributed by atoms with Crippen LogP contribution < -0.4 is 16.1 Å². The number of ether oxygens (including phenoxy) is 2. The first-order chi connectivity index (χ1) is 20.3. The molecule has 42 heavy (non-hydrogen) atoms. The summed E-state index contributed by atoms with van der Waals surface area (Å²) in [6.45, 7) is 0.0605. The van der Waals surface area contributed by atoms with Crippen molar-refractivity contribution < 1.29 is 23.5 Å². The number of para-hydroxylation sites is 1. The van der Waals surface area contributed by atoms with Crippen LogP contribution in [0.25, 0.3) is 5.69 Å². The second-order valence-corrected chi connectivity index (χ2v) is 11.4. The van der Waals surface area contributed by atoms with Crippen LogP contribution in [0.1, 0.15) is 29.5 Å². The second kappa shape index (κ2) is 9.52. The Kier molecular flexibility index (Phi) is 5.98. The van der Waals surface area contributed by atoms with E-state index in [4.69, 9.17) is 9.47 Å². The molecule has 1 saturated heterocycles. The molecular weight excluding hydrogens is 609 g/mol. The predicted molar refractivity (Wildman–Crippen MR) is 152 cm³/mol. The molecule has 0 amide bonds. The minimum Gasteiger partial charge on any atom is -0.497 e. The van der Waals surface area contributed by atoms with Gasteiger partial charge in [-0.15, -0.1) is 0 Å². The molecule has 1 saturated carbocycles. The molecule has 3 aliphatic rings. The quantitative estimate of drug-likeness (QED) is 0.192. The number of carbonyl (C=O) groups is 2. The van der Waals surface area contributed by atoms with Crippen LogP contribution in [0.15, 0.2) is 98.5 Å². The Morgan fingerprint density at radius 3 is 2.40 bits per heavy atom. The monoisotopic (exact) mass is 631 g/mol. The first-order valence-corrected chi connectivity index (χ1v) is 14.1. The highest BCUT2D eigenvalue weighted by atomic mass is 79.9. The van der Waals surface area contributed by atoms with Crippen LogP contribution in [0.3, 0.4) is 0 Å². The minimum absolute atomic E-state index is 0.0411. The van der Waals surface area contributed by atoms with Gasteiger partial charge in [0.1, 0.15) is 17.0 Å². The van der Waals surface area contributed by atoms with Crippen LogP contribution in [0.4, 0.5) is 4.39 Å². The number of rotatable bonds is 4. The van der Waals surface area contributed by atoms with Gasteiger partial charge in [-0.3, -0.25) is 9.59 Å². The maximum absolute atomic E-state index is 14.5. The summed E-state index contributed by atoms with van der Waals surface area (Å²) in [6.07, 6.45) is 1.87. The average molecular weight is 632 g/mol. The molecule has 2 aliphatic heterocycles. The van der Waals surface area contributed by atoms with E-state index in [9.17, 15) is 23.6 Å². The van der Waals surface area contributed by atoms with Crippen molar-refractivity contribution in [2.24, 2.45) is 5.92 Å². The van der Waals surface area contributed by atoms with Gasteiger partial charge in [-0.2, -0.15) is 0 Å². The van der Waals surface area contributed by atoms with Crippen molar-refractivity contribution in [2.45, 2.75) is 30.3 Å². The van der Waals surface area contributed by atoms with Crippen LogP contribution in [-0.4, -0.2) is 33.0 Å². The van der Waals surface area contributed by atoms with E-state index in [-0.39, 0.29) is 17.4 Å². The summed E-state index contributed by atoms with van der Waals surface area (Å²) in [7, 11) is 1.53. The molecule has 3 heterocycles. The lowest BCUT2D eigenvalue weighted by atomic mass is 9.53. The largest absolute Gasteiger partial charge is 0.497 e. The number of hydrogen-bond acceptors (Lipinski definition) is 6. The molecule has 7 rings (SSSR count). The molecule has 2 fully saturated rings. The molecule has 0 bridgehead atoms. The molecule has 3 aromatic carbocycles. The zero-order valence-corrected chi connectivity index (χ0v) is 23.8. The fourth-order valence-electron chi connectivity index (χ4n) is 6.94. The molecular formula is C31H23BrFN3O6. The number of hydrogen-bond donors (Lipinski definition) is 0. The number of fused-ring (bicyclic) bond motifs is 4. The Hall–Kier alpha value is -4.51. The minimum atomic E-state index is -1.50. The highest BCUT2D eigenvalue weighted by molar-refractivity contribution is 9.10. The van der Waals surface area contributed by atoms with Crippen LogP contribution in [0.5, 0.6) is 5.75 Å². The number of cyclic esters (lactones) is 2. The van der Waals surface area contributed by atoms with Crippen LogP contribution >= 0.6 is 15.9 Å². The molecule has 4 atom stereocenters. The zero-order chi connectivity index (χ0) is 29.3. The first kappa shape index (κ1) is 26.4. The molecule has 0 N–H and O–H groups in total. The van der Waals surface area contributed by atoms with Gasteiger partial charge < -0.3 is 9.47 Å². The van der Waals surface area contributed by atoms with Crippen molar-refractivity contribution >= 4 is 27.9 Å². The van der Waals surface area contributed by atoms with Crippen molar-refractivity contribution in [2.75, 3.05) is 7.11 Å². The molecule has 1 aliphatic carbocycles. The summed E-state index contributed by atoms with van der Waals surface area (Å²) in [5.74, 6) is -3.17. The molecule has 1 aromatic heterocycles. The van der Waals surface area contributed by atoms with Gasteiger partial charge in [0.15, 0.2) is 0 Å². The van der Waals surface area contributed by atoms with Crippen LogP contribution in [0, 0.1) is 11.7 Å². The van der Waals surface area contributed by atoms with E-state index in [1.165, 1.54) is 22.5 Å². The van der Waals surface area contributed by atoms with Gasteiger partial charge in [0, 0.05) is 5.92 Å². The normalized spacial score (nSPS) is 24.4. The summed E-state index contributed by atoms with van der Waals surface area (Å²) in [5, 5.41) is 0. The Morgan fingerprint density at radius 1 is 0.976 bits per heavy atom. The molecule has 0 radical (unpaired) electrons. The summed E-state index contributed by atoms with van der Waals surface area (Å²) in [4.78, 5) is 54.8. The lowest BCUT2D eigenvalue weighted by molar-refractivity contribution is -0.154. The summed E-state index contributed by atoms with van der Waals surface area (Å²) < 4.78 is 29.2. The van der Waals surface area contributed by atoms with Crippen molar-refractivity contribution in [1.82, 2.24) is 13.9 Å². The maximum Gasteiger partial charge on any atom is 0.352 e. The van der Waals surface area contributed by atoms with Crippen molar-refractivity contribution in [3.8, 4) is 11.4 Å². The van der Waals surface area contributed by atoms with E-state index < -0.39 is 52.4 Å². The summed E-state index contributed by atoms with van der Waals surface area (Å²) in [5.41, 5.74) is -0.406. The number of nitrogens with zero attached hydrogens (tertiary/aromatic N) is 3. The van der Waals surface area contributed by atoms with Gasteiger partial charge in [0.2, 0.25) is 0 Å². The number of methoxy groups -OCH3 is 1. The predicted octanol–water partition coefficient (Wildman–Crippen LogP) is 4.02. The molecule has 9 nitrogen and oxygen atoms in total. The highest BCUT2D eigenvalue weighted by Crippen LogP contribution is 2.61. The molecule has 0 unspecified atom stereocenters. The summed E-state index contributed by atoms with van der Waals surface area (Å²) in [6, 6.07) is 19.2. The third-order valence-electron chi connectivity index (χ3n) is 8.71. The Labute approximate surface area is 246 Å². The van der Waals surface area contributed by atoms with E-state index in [2.05, 4.69) is 15.9 Å². The summed E-state index contributed by atoms with van der Waals surface area (Å²) >= 11 is 3.27. The Bertz CT molecular complexity index is 1930. The number of aromatic nitrogens is 3. The van der Waals surface area contributed by atoms with Gasteiger partial charge in [-0.25, -0.2) is 27.9 Å². The SMILES string of the molecule is COc1ccc([C@@]23C(=O)OC(=O)[C@@H]2C[C@@H]2C(=CCn4c(=O)n(-c5ccccc5)c(=O)n42)[C@@H]3c2ccc(F)c(Br)c2)cc1. The van der Waals surface area contributed by atoms with E-state index in [0.717, 1.165) is 4.57 Å². The second-order valence-electron chi connectivity index (χ2n) is 10.6. The lowest BCUT2D eigenvalue weighted by Crippen LogP contribution is -2.52. The van der Waals surface area contributed by atoms with Gasteiger partial charge in [0.25, 0.3) is 0 Å². The lowest BCUT2D eigenvalue weighted by Gasteiger charge is -2.48. The average Bonchev–Trinajstić information content (AvgIpc) is 3.42. The Morgan fingerprint density at radius 2 is 1.71 bits per heavy atom. The van der Waals surface area contributed by atoms with Gasteiger partial charge in [0.05, 0.1) is 35.8 Å². The fourth-order valence-corrected chi connectivity index (χ4v) is 7.33. The van der Waals surface area contributed by atoms with E-state index in [0.29, 0.717) is 28.1 Å². The topological polar surface area (TPSA) is 102 Å². The molecule has 0 spiro atoms. The van der Waals surface area contributed by atoms with E-state index >= 15 is 0 Å². The third-order valence-corrected chi connectivity index (χ3v) is 9.32. The number of benzene rings is 3. The molecule has 4 aromatic rings. The van der Waals surface area contributed by atoms with Crippen molar-refractivity contribution in [1.29, 1.82) is 0 Å². The Balaban J connectivity index is 1.49. The number of carbonyl (C=O) groups excluding carboxylic acids is 2. The zero-order valence-electron chi connectivity index (χ0n) is 22.2. The highest BCUT2D eigenvalue weighted by Gasteiger charge is 2.67. The van der Waals surface area contributed by atoms with Gasteiger partial charge in [-0.1, -0.05) is 42.5 Å². The van der Waals surface area contributed by atoms with Crippen molar-refractivity contribution in [3.63, 3.8) is 0 Å². The van der Waals surface area contributed by atoms with Crippen LogP contribution in [-0.2, 0) is 26.3 Å². The van der Waals surface area contributed by atoms with Crippen molar-refractivity contribution in [3.05, 3.63) is 127 Å². The first-order valence-electron chi connectivity index (χ1n) is 13.3. The number of esters is 2. The maximum atomic E-state index is 14.5. The third kappa shape index (κ3) is 3.52. The molecule has 11 heteroatoms. The fraction of sp³-hybridized carbons (Fsp3) is 0.226. The van der Waals surface area contributed by atoms with Gasteiger partial charge in [-0.05, 0) is 75.4 Å². The van der Waals surface area contributed by atoms with E-state index in [1.807, 2.05) is 6.08 Å². The smallest absolute Gasteiger partial charge is 0.352 e. The number of allylic oxidation sites excluding steroid dienone is 2. The van der Waals surface area contributed by atoms with Gasteiger partial charge >= 0.3 is 23.3 Å². The number of halogens is 2. The standard InChI is InChI=1S/C31H23BrFN3O6/c1-41-20-10-8-18(9-11-20)31-22(27(37)42-28(31)38)16-25-21(26(31)17-7-12-24(33)23(32)15-17)13-14-34-29(39)35(30(40)36(25)34)19-5-3-2-4-6-19/h2-13,15,22,25-26H,14,16H2,1H3/t22-,25+,26-,31+/m0/s1. The van der Waals surface area contributed by atoms with E-state index in [1.54, 1.807) is 66.7 Å².